The van der Waals surface area contributed by atoms with Gasteiger partial charge in [0.1, 0.15) is 6.33 Å². The summed E-state index contributed by atoms with van der Waals surface area (Å²) in [5.74, 6) is 1.02. The fourth-order valence-corrected chi connectivity index (χ4v) is 5.02. The molecular formula is C27H33N5O2S. The molecule has 4 rings (SSSR count). The Morgan fingerprint density at radius 2 is 1.57 bits per heavy atom. The molecule has 8 heteroatoms. The summed E-state index contributed by atoms with van der Waals surface area (Å²) in [5.41, 5.74) is 3.52. The Kier molecular flexibility index (Phi) is 8.58. The summed E-state index contributed by atoms with van der Waals surface area (Å²) in [4.78, 5) is 29.1. The number of carbonyl (C=O) groups excluding carboxylic acids is 2. The quantitative estimate of drug-likeness (QED) is 0.420. The summed E-state index contributed by atoms with van der Waals surface area (Å²) >= 11 is 1.39. The van der Waals surface area contributed by atoms with Gasteiger partial charge in [-0.15, -0.1) is 10.2 Å². The smallest absolute Gasteiger partial charge is 0.233 e. The molecule has 0 radical (unpaired) electrons. The maximum atomic E-state index is 12.8. The van der Waals surface area contributed by atoms with Crippen LogP contribution in [0.2, 0.25) is 0 Å². The summed E-state index contributed by atoms with van der Waals surface area (Å²) in [6, 6.07) is 18.6. The SMILES string of the molecule is CC(C)c1ccc(-n2cnnc2SCC(=O)N2CCN(C(=O)CCCc3ccccc3)CC2)cc1. The number of piperazine rings is 1. The Balaban J connectivity index is 1.21. The van der Waals surface area contributed by atoms with Crippen molar-refractivity contribution in [1.29, 1.82) is 0 Å². The van der Waals surface area contributed by atoms with Crippen LogP contribution < -0.4 is 0 Å². The number of aromatic nitrogens is 3. The zero-order chi connectivity index (χ0) is 24.6. The van der Waals surface area contributed by atoms with Gasteiger partial charge in [-0.1, -0.05) is 68.1 Å². The average molecular weight is 492 g/mol. The minimum atomic E-state index is 0.0656. The number of nitrogens with zero attached hydrogens (tertiary/aromatic N) is 5. The van der Waals surface area contributed by atoms with Crippen molar-refractivity contribution < 1.29 is 9.59 Å². The molecule has 184 valence electrons. The van der Waals surface area contributed by atoms with Gasteiger partial charge in [-0.25, -0.2) is 0 Å². The topological polar surface area (TPSA) is 71.3 Å². The lowest BCUT2D eigenvalue weighted by Crippen LogP contribution is -2.51. The zero-order valence-corrected chi connectivity index (χ0v) is 21.3. The van der Waals surface area contributed by atoms with Gasteiger partial charge in [-0.05, 0) is 42.0 Å². The first-order valence-electron chi connectivity index (χ1n) is 12.2. The van der Waals surface area contributed by atoms with E-state index < -0.39 is 0 Å². The number of hydrogen-bond donors (Lipinski definition) is 0. The molecule has 0 unspecified atom stereocenters. The maximum absolute atomic E-state index is 12.8. The molecule has 1 aliphatic heterocycles. The van der Waals surface area contributed by atoms with Crippen molar-refractivity contribution in [1.82, 2.24) is 24.6 Å². The molecule has 0 bridgehead atoms. The van der Waals surface area contributed by atoms with Crippen LogP contribution in [0.3, 0.4) is 0 Å². The third kappa shape index (κ3) is 6.72. The number of rotatable bonds is 9. The van der Waals surface area contributed by atoms with Crippen LogP contribution in [0.15, 0.2) is 66.1 Å². The second-order valence-corrected chi connectivity index (χ2v) is 10.1. The molecule has 35 heavy (non-hydrogen) atoms. The van der Waals surface area contributed by atoms with Crippen LogP contribution in [-0.4, -0.2) is 68.3 Å². The van der Waals surface area contributed by atoms with E-state index in [9.17, 15) is 9.59 Å². The monoisotopic (exact) mass is 491 g/mol. The lowest BCUT2D eigenvalue weighted by atomic mass is 10.0. The van der Waals surface area contributed by atoms with Crippen LogP contribution in [0.25, 0.3) is 5.69 Å². The molecule has 7 nitrogen and oxygen atoms in total. The van der Waals surface area contributed by atoms with Gasteiger partial charge in [0.2, 0.25) is 11.8 Å². The van der Waals surface area contributed by atoms with Gasteiger partial charge in [-0.3, -0.25) is 14.2 Å². The van der Waals surface area contributed by atoms with Gasteiger partial charge in [0.25, 0.3) is 0 Å². The van der Waals surface area contributed by atoms with Crippen LogP contribution in [0.4, 0.5) is 0 Å². The highest BCUT2D eigenvalue weighted by atomic mass is 32.2. The first kappa shape index (κ1) is 25.0. The summed E-state index contributed by atoms with van der Waals surface area (Å²) in [7, 11) is 0. The fraction of sp³-hybridized carbons (Fsp3) is 0.407. The summed E-state index contributed by atoms with van der Waals surface area (Å²) in [5, 5.41) is 8.94. The zero-order valence-electron chi connectivity index (χ0n) is 20.5. The largest absolute Gasteiger partial charge is 0.339 e. The molecule has 2 aromatic carbocycles. The van der Waals surface area contributed by atoms with Gasteiger partial charge < -0.3 is 9.80 Å². The van der Waals surface area contributed by atoms with E-state index in [2.05, 4.69) is 60.4 Å². The summed E-state index contributed by atoms with van der Waals surface area (Å²) in [6.07, 6.45) is 3.99. The highest BCUT2D eigenvalue weighted by Gasteiger charge is 2.24. The number of aryl methyl sites for hydroxylation is 1. The van der Waals surface area contributed by atoms with E-state index in [1.165, 1.54) is 22.9 Å². The molecular weight excluding hydrogens is 458 g/mol. The van der Waals surface area contributed by atoms with Gasteiger partial charge in [-0.2, -0.15) is 0 Å². The molecule has 3 aromatic rings. The van der Waals surface area contributed by atoms with Crippen LogP contribution in [0, 0.1) is 0 Å². The predicted molar refractivity (Wildman–Crippen MR) is 139 cm³/mol. The Morgan fingerprint density at radius 1 is 0.914 bits per heavy atom. The van der Waals surface area contributed by atoms with Gasteiger partial charge >= 0.3 is 0 Å². The van der Waals surface area contributed by atoms with Crippen LogP contribution >= 0.6 is 11.8 Å². The third-order valence-electron chi connectivity index (χ3n) is 6.36. The molecule has 0 atom stereocenters. The molecule has 0 aliphatic carbocycles. The van der Waals surface area contributed by atoms with Crippen molar-refractivity contribution in [3.05, 3.63) is 72.1 Å². The normalized spacial score (nSPS) is 13.9. The van der Waals surface area contributed by atoms with Crippen molar-refractivity contribution in [2.24, 2.45) is 0 Å². The summed E-state index contributed by atoms with van der Waals surface area (Å²) in [6.45, 7) is 6.68. The number of carbonyl (C=O) groups is 2. The highest BCUT2D eigenvalue weighted by molar-refractivity contribution is 7.99. The third-order valence-corrected chi connectivity index (χ3v) is 7.29. The highest BCUT2D eigenvalue weighted by Crippen LogP contribution is 2.22. The van der Waals surface area contributed by atoms with Crippen LogP contribution in [0.1, 0.15) is 43.7 Å². The predicted octanol–water partition coefficient (Wildman–Crippen LogP) is 4.18. The van der Waals surface area contributed by atoms with Gasteiger partial charge in [0.15, 0.2) is 5.16 Å². The molecule has 1 aliphatic rings. The van der Waals surface area contributed by atoms with E-state index in [4.69, 9.17) is 0 Å². The first-order chi connectivity index (χ1) is 17.0. The molecule has 1 fully saturated rings. The standard InChI is InChI=1S/C27H33N5O2S/c1-21(2)23-11-13-24(14-12-23)32-20-28-29-27(32)35-19-26(34)31-17-15-30(16-18-31)25(33)10-6-9-22-7-4-3-5-8-22/h3-5,7-8,11-14,20-21H,6,9-10,15-19H2,1-2H3. The Hall–Kier alpha value is -3.13. The van der Waals surface area contributed by atoms with Crippen molar-refractivity contribution >= 4 is 23.6 Å². The molecule has 0 saturated carbocycles. The summed E-state index contributed by atoms with van der Waals surface area (Å²) < 4.78 is 1.91. The van der Waals surface area contributed by atoms with Gasteiger partial charge in [0.05, 0.1) is 5.75 Å². The Morgan fingerprint density at radius 3 is 2.23 bits per heavy atom. The molecule has 1 aromatic heterocycles. The number of thioether (sulfide) groups is 1. The molecule has 2 heterocycles. The Labute approximate surface area is 211 Å². The van der Waals surface area contributed by atoms with E-state index >= 15 is 0 Å². The molecule has 1 saturated heterocycles. The molecule has 0 N–H and O–H groups in total. The minimum Gasteiger partial charge on any atom is -0.339 e. The average Bonchev–Trinajstić information content (AvgIpc) is 3.36. The van der Waals surface area contributed by atoms with E-state index in [0.717, 1.165) is 18.5 Å². The van der Waals surface area contributed by atoms with Gasteiger partial charge in [0, 0.05) is 38.3 Å². The van der Waals surface area contributed by atoms with Crippen molar-refractivity contribution in [3.8, 4) is 5.69 Å². The van der Waals surface area contributed by atoms with Crippen molar-refractivity contribution in [2.45, 2.75) is 44.2 Å². The lowest BCUT2D eigenvalue weighted by molar-refractivity contribution is -0.138. The van der Waals surface area contributed by atoms with E-state index in [0.29, 0.717) is 49.4 Å². The van der Waals surface area contributed by atoms with Crippen LogP contribution in [-0.2, 0) is 16.0 Å². The molecule has 0 spiro atoms. The van der Waals surface area contributed by atoms with E-state index in [1.54, 1.807) is 6.33 Å². The number of amides is 2. The van der Waals surface area contributed by atoms with E-state index in [-0.39, 0.29) is 11.8 Å². The van der Waals surface area contributed by atoms with Crippen molar-refractivity contribution in [3.63, 3.8) is 0 Å². The number of benzene rings is 2. The second kappa shape index (κ2) is 12.0. The molecule has 2 amide bonds. The minimum absolute atomic E-state index is 0.0656. The lowest BCUT2D eigenvalue weighted by Gasteiger charge is -2.34. The first-order valence-corrected chi connectivity index (χ1v) is 13.2. The van der Waals surface area contributed by atoms with Crippen molar-refractivity contribution in [2.75, 3.05) is 31.9 Å². The maximum Gasteiger partial charge on any atom is 0.233 e. The fourth-order valence-electron chi connectivity index (χ4n) is 4.19. The Bertz CT molecular complexity index is 1110. The number of hydrogen-bond acceptors (Lipinski definition) is 5. The second-order valence-electron chi connectivity index (χ2n) is 9.12. The van der Waals surface area contributed by atoms with E-state index in [1.807, 2.05) is 32.6 Å². The van der Waals surface area contributed by atoms with Crippen LogP contribution in [0.5, 0.6) is 0 Å².